The summed E-state index contributed by atoms with van der Waals surface area (Å²) < 4.78 is 11.1. The number of ether oxygens (including phenoxy) is 2. The predicted molar refractivity (Wildman–Crippen MR) is 117 cm³/mol. The van der Waals surface area contributed by atoms with Crippen LogP contribution in [0.5, 0.6) is 5.75 Å². The van der Waals surface area contributed by atoms with Gasteiger partial charge in [0.05, 0.1) is 0 Å². The van der Waals surface area contributed by atoms with Gasteiger partial charge in [-0.05, 0) is 38.0 Å². The van der Waals surface area contributed by atoms with Crippen molar-refractivity contribution in [2.24, 2.45) is 0 Å². The van der Waals surface area contributed by atoms with Crippen molar-refractivity contribution < 1.29 is 19.1 Å². The van der Waals surface area contributed by atoms with Crippen molar-refractivity contribution in [2.75, 3.05) is 6.61 Å². The minimum atomic E-state index is -1.02. The van der Waals surface area contributed by atoms with E-state index in [1.165, 1.54) is 5.56 Å². The third-order valence-corrected chi connectivity index (χ3v) is 4.89. The van der Waals surface area contributed by atoms with E-state index in [1.54, 1.807) is 12.1 Å². The number of Topliss-reactive ketones (excluding diaryl/α,β-unsaturated/α-hetero) is 1. The minimum Gasteiger partial charge on any atom is -0.482 e. The Balaban J connectivity index is 1.74. The number of ketones is 1. The van der Waals surface area contributed by atoms with Crippen LogP contribution in [-0.4, -0.2) is 18.4 Å². The maximum absolute atomic E-state index is 13.1. The lowest BCUT2D eigenvalue weighted by molar-refractivity contribution is -0.149. The molecule has 0 unspecified atom stereocenters. The van der Waals surface area contributed by atoms with Gasteiger partial charge in [-0.15, -0.1) is 0 Å². The Hall–Kier alpha value is -3.40. The second-order valence-electron chi connectivity index (χ2n) is 7.30. The highest BCUT2D eigenvalue weighted by Crippen LogP contribution is 2.24. The fourth-order valence-corrected chi connectivity index (χ4v) is 3.01. The maximum Gasteiger partial charge on any atom is 0.345 e. The first-order valence-electron chi connectivity index (χ1n) is 10.0. The average Bonchev–Trinajstić information content (AvgIpc) is 2.77. The van der Waals surface area contributed by atoms with Crippen LogP contribution in [0.3, 0.4) is 0 Å². The normalized spacial score (nSPS) is 11.6. The summed E-state index contributed by atoms with van der Waals surface area (Å²) in [6.45, 7) is 5.72. The Kier molecular flexibility index (Phi) is 7.02. The Morgan fingerprint density at radius 1 is 0.800 bits per heavy atom. The lowest BCUT2D eigenvalue weighted by Crippen LogP contribution is -2.23. The SMILES string of the molecule is CCc1ccc(OCC(=O)O[C@@H](C(=O)c2ccc(C)cc2)c2ccc(C)cc2)cc1. The van der Waals surface area contributed by atoms with Crippen molar-refractivity contribution in [3.8, 4) is 5.75 Å². The van der Waals surface area contributed by atoms with Crippen LogP contribution in [0.4, 0.5) is 0 Å². The van der Waals surface area contributed by atoms with E-state index in [4.69, 9.17) is 9.47 Å². The first-order chi connectivity index (χ1) is 14.5. The molecule has 0 aliphatic carbocycles. The van der Waals surface area contributed by atoms with Gasteiger partial charge in [0.1, 0.15) is 5.75 Å². The molecular weight excluding hydrogens is 376 g/mol. The van der Waals surface area contributed by atoms with Crippen LogP contribution in [0.15, 0.2) is 72.8 Å². The Morgan fingerprint density at radius 2 is 1.37 bits per heavy atom. The van der Waals surface area contributed by atoms with Gasteiger partial charge in [0.25, 0.3) is 0 Å². The highest BCUT2D eigenvalue weighted by molar-refractivity contribution is 6.01. The van der Waals surface area contributed by atoms with Crippen molar-refractivity contribution in [3.63, 3.8) is 0 Å². The number of benzene rings is 3. The molecule has 0 fully saturated rings. The molecule has 4 nitrogen and oxygen atoms in total. The molecule has 0 saturated carbocycles. The van der Waals surface area contributed by atoms with Gasteiger partial charge in [-0.25, -0.2) is 4.79 Å². The zero-order valence-electron chi connectivity index (χ0n) is 17.6. The number of aryl methyl sites for hydroxylation is 3. The van der Waals surface area contributed by atoms with Crippen LogP contribution in [0.25, 0.3) is 0 Å². The van der Waals surface area contributed by atoms with Crippen molar-refractivity contribution >= 4 is 11.8 Å². The molecule has 3 aromatic carbocycles. The quantitative estimate of drug-likeness (QED) is 0.373. The largest absolute Gasteiger partial charge is 0.482 e. The number of hydrogen-bond donors (Lipinski definition) is 0. The minimum absolute atomic E-state index is 0.264. The zero-order valence-corrected chi connectivity index (χ0v) is 17.6. The highest BCUT2D eigenvalue weighted by atomic mass is 16.6. The molecule has 0 bridgehead atoms. The maximum atomic E-state index is 13.1. The summed E-state index contributed by atoms with van der Waals surface area (Å²) in [6.07, 6.45) is -0.0892. The molecule has 4 heteroatoms. The van der Waals surface area contributed by atoms with E-state index in [0.717, 1.165) is 17.5 Å². The molecule has 0 amide bonds. The van der Waals surface area contributed by atoms with Crippen molar-refractivity contribution in [1.82, 2.24) is 0 Å². The molecule has 1 atom stereocenters. The van der Waals surface area contributed by atoms with Gasteiger partial charge in [0.2, 0.25) is 5.78 Å². The van der Waals surface area contributed by atoms with Gasteiger partial charge in [-0.2, -0.15) is 0 Å². The third-order valence-electron chi connectivity index (χ3n) is 4.89. The van der Waals surface area contributed by atoms with E-state index in [2.05, 4.69) is 6.92 Å². The molecule has 0 radical (unpaired) electrons. The van der Waals surface area contributed by atoms with Gasteiger partial charge in [-0.1, -0.05) is 78.7 Å². The number of carbonyl (C=O) groups is 2. The van der Waals surface area contributed by atoms with E-state index in [9.17, 15) is 9.59 Å². The highest BCUT2D eigenvalue weighted by Gasteiger charge is 2.26. The van der Waals surface area contributed by atoms with E-state index in [1.807, 2.05) is 74.5 Å². The molecule has 30 heavy (non-hydrogen) atoms. The molecule has 154 valence electrons. The van der Waals surface area contributed by atoms with Gasteiger partial charge < -0.3 is 9.47 Å². The van der Waals surface area contributed by atoms with E-state index in [0.29, 0.717) is 16.9 Å². The van der Waals surface area contributed by atoms with Crippen LogP contribution in [0, 0.1) is 13.8 Å². The summed E-state index contributed by atoms with van der Waals surface area (Å²) in [7, 11) is 0. The van der Waals surface area contributed by atoms with Crippen molar-refractivity contribution in [3.05, 3.63) is 101 Å². The zero-order chi connectivity index (χ0) is 21.5. The summed E-state index contributed by atoms with van der Waals surface area (Å²) in [6, 6.07) is 22.2. The number of esters is 1. The molecule has 3 aromatic rings. The molecule has 0 heterocycles. The van der Waals surface area contributed by atoms with Crippen LogP contribution in [0.1, 0.15) is 45.6 Å². The predicted octanol–water partition coefficient (Wildman–Crippen LogP) is 5.41. The molecule has 0 saturated heterocycles. The first-order valence-corrected chi connectivity index (χ1v) is 10.0. The van der Waals surface area contributed by atoms with Gasteiger partial charge in [0, 0.05) is 11.1 Å². The van der Waals surface area contributed by atoms with E-state index in [-0.39, 0.29) is 12.4 Å². The number of rotatable bonds is 8. The summed E-state index contributed by atoms with van der Waals surface area (Å²) >= 11 is 0. The van der Waals surface area contributed by atoms with Crippen LogP contribution in [-0.2, 0) is 16.0 Å². The van der Waals surface area contributed by atoms with Crippen LogP contribution >= 0.6 is 0 Å². The van der Waals surface area contributed by atoms with Crippen molar-refractivity contribution in [1.29, 1.82) is 0 Å². The molecule has 0 aliphatic rings. The lowest BCUT2D eigenvalue weighted by Gasteiger charge is -2.18. The lowest BCUT2D eigenvalue weighted by atomic mass is 9.98. The second kappa shape index (κ2) is 9.88. The number of carbonyl (C=O) groups excluding carboxylic acids is 2. The molecular formula is C26H26O4. The summed E-state index contributed by atoms with van der Waals surface area (Å²) in [4.78, 5) is 25.6. The Labute approximate surface area is 177 Å². The monoisotopic (exact) mass is 402 g/mol. The first kappa shape index (κ1) is 21.3. The smallest absolute Gasteiger partial charge is 0.345 e. The van der Waals surface area contributed by atoms with Crippen LogP contribution < -0.4 is 4.74 Å². The van der Waals surface area contributed by atoms with Gasteiger partial charge in [-0.3, -0.25) is 4.79 Å². The third kappa shape index (κ3) is 5.57. The topological polar surface area (TPSA) is 52.6 Å². The van der Waals surface area contributed by atoms with E-state index >= 15 is 0 Å². The second-order valence-corrected chi connectivity index (χ2v) is 7.30. The van der Waals surface area contributed by atoms with Crippen LogP contribution in [0.2, 0.25) is 0 Å². The average molecular weight is 402 g/mol. The van der Waals surface area contributed by atoms with Gasteiger partial charge >= 0.3 is 5.97 Å². The molecule has 3 rings (SSSR count). The summed E-state index contributed by atoms with van der Waals surface area (Å²) in [5.74, 6) is -0.277. The fraction of sp³-hybridized carbons (Fsp3) is 0.231. The molecule has 0 aliphatic heterocycles. The van der Waals surface area contributed by atoms with Gasteiger partial charge in [0.15, 0.2) is 12.7 Å². The summed E-state index contributed by atoms with van der Waals surface area (Å²) in [5, 5.41) is 0. The molecule has 0 spiro atoms. The number of hydrogen-bond acceptors (Lipinski definition) is 4. The molecule has 0 aromatic heterocycles. The Bertz CT molecular complexity index is 987. The summed E-state index contributed by atoms with van der Waals surface area (Å²) in [5.41, 5.74) is 4.43. The van der Waals surface area contributed by atoms with Crippen molar-refractivity contribution in [2.45, 2.75) is 33.3 Å². The Morgan fingerprint density at radius 3 is 1.93 bits per heavy atom. The standard InChI is InChI=1S/C26H26O4/c1-4-20-9-15-23(16-10-20)29-17-24(27)30-26(22-13-7-19(3)8-14-22)25(28)21-11-5-18(2)6-12-21/h5-16,26H,4,17H2,1-3H3/t26-/m1/s1. The fourth-order valence-electron chi connectivity index (χ4n) is 3.01. The van der Waals surface area contributed by atoms with E-state index < -0.39 is 12.1 Å². The molecule has 0 N–H and O–H groups in total.